The third-order valence-electron chi connectivity index (χ3n) is 5.82. The molecule has 164 valence electrons. The quantitative estimate of drug-likeness (QED) is 0.577. The summed E-state index contributed by atoms with van der Waals surface area (Å²) in [5.41, 5.74) is 3.63. The number of hydrogen-bond acceptors (Lipinski definition) is 7. The van der Waals surface area contributed by atoms with Crippen molar-refractivity contribution in [3.8, 4) is 5.75 Å². The van der Waals surface area contributed by atoms with E-state index in [1.807, 2.05) is 36.3 Å². The molecule has 9 nitrogen and oxygen atoms in total. The number of aliphatic hydroxyl groups is 1. The third-order valence-corrected chi connectivity index (χ3v) is 5.82. The molecule has 1 amide bonds. The average molecular weight is 425 g/mol. The number of anilines is 2. The van der Waals surface area contributed by atoms with E-state index in [0.29, 0.717) is 13.1 Å². The number of aromatic nitrogens is 3. The van der Waals surface area contributed by atoms with Gasteiger partial charge in [0.2, 0.25) is 5.91 Å². The molecule has 4 rings (SSSR count). The summed E-state index contributed by atoms with van der Waals surface area (Å²) in [6.07, 6.45) is 5.05. The SMILES string of the molecule is COc1ccc2cc1CN(C)[C@@H](CO)C(=O)N(C)CCCc1c[nH]c3ncnc(c13)N2. The maximum absolute atomic E-state index is 13.0. The molecule has 2 bridgehead atoms. The van der Waals surface area contributed by atoms with Crippen LogP contribution in [-0.4, -0.2) is 76.2 Å². The number of nitrogens with one attached hydrogen (secondary N) is 2. The average Bonchev–Trinajstić information content (AvgIpc) is 3.18. The summed E-state index contributed by atoms with van der Waals surface area (Å²) in [6, 6.07) is 5.18. The Bertz CT molecular complexity index is 1080. The van der Waals surface area contributed by atoms with E-state index in [4.69, 9.17) is 4.74 Å². The highest BCUT2D eigenvalue weighted by Crippen LogP contribution is 2.30. The highest BCUT2D eigenvalue weighted by Gasteiger charge is 2.26. The van der Waals surface area contributed by atoms with Gasteiger partial charge in [0.15, 0.2) is 0 Å². The smallest absolute Gasteiger partial charge is 0.242 e. The number of rotatable bonds is 2. The monoisotopic (exact) mass is 424 g/mol. The van der Waals surface area contributed by atoms with Gasteiger partial charge < -0.3 is 25.0 Å². The Balaban J connectivity index is 1.79. The van der Waals surface area contributed by atoms with E-state index in [-0.39, 0.29) is 12.5 Å². The van der Waals surface area contributed by atoms with Gasteiger partial charge in [-0.3, -0.25) is 9.69 Å². The van der Waals surface area contributed by atoms with E-state index in [1.165, 1.54) is 6.33 Å². The number of carbonyl (C=O) groups is 1. The van der Waals surface area contributed by atoms with Crippen LogP contribution in [0.3, 0.4) is 0 Å². The predicted octanol–water partition coefficient (Wildman–Crippen LogP) is 1.91. The van der Waals surface area contributed by atoms with Crippen LogP contribution >= 0.6 is 0 Å². The number of amides is 1. The number of aryl methyl sites for hydroxylation is 1. The van der Waals surface area contributed by atoms with Crippen LogP contribution in [0.4, 0.5) is 11.5 Å². The van der Waals surface area contributed by atoms with Crippen LogP contribution in [0.25, 0.3) is 11.0 Å². The lowest BCUT2D eigenvalue weighted by atomic mass is 10.1. The van der Waals surface area contributed by atoms with Gasteiger partial charge in [-0.1, -0.05) is 0 Å². The van der Waals surface area contributed by atoms with E-state index >= 15 is 0 Å². The molecule has 9 heteroatoms. The minimum absolute atomic E-state index is 0.101. The number of methoxy groups -OCH3 is 1. The summed E-state index contributed by atoms with van der Waals surface area (Å²) in [5, 5.41) is 14.3. The number of carbonyl (C=O) groups excluding carboxylic acids is 1. The van der Waals surface area contributed by atoms with Gasteiger partial charge in [-0.05, 0) is 43.7 Å². The standard InChI is InChI=1S/C22H28N6O3/c1-27-8-4-5-14-10-23-20-19(14)21(25-13-24-20)26-16-6-7-18(31-3)15(9-16)11-28(2)17(12-29)22(27)30/h6-7,9-10,13,17,29H,4-5,8,11-12H2,1-3H3,(H2,23,24,25,26)/t17-/m0/s1. The largest absolute Gasteiger partial charge is 0.496 e. The second-order valence-corrected chi connectivity index (χ2v) is 7.89. The van der Waals surface area contributed by atoms with Crippen LogP contribution in [0.2, 0.25) is 0 Å². The maximum Gasteiger partial charge on any atom is 0.242 e. The molecule has 0 spiro atoms. The summed E-state index contributed by atoms with van der Waals surface area (Å²) in [6.45, 7) is 0.779. The highest BCUT2D eigenvalue weighted by molar-refractivity contribution is 5.92. The lowest BCUT2D eigenvalue weighted by molar-refractivity contribution is -0.136. The zero-order valence-corrected chi connectivity index (χ0v) is 18.1. The lowest BCUT2D eigenvalue weighted by Gasteiger charge is -2.30. The molecule has 3 aromatic rings. The molecule has 31 heavy (non-hydrogen) atoms. The number of likely N-dealkylation sites (N-methyl/N-ethyl adjacent to an activating group) is 2. The molecule has 0 fully saturated rings. The number of H-pyrrole nitrogens is 1. The van der Waals surface area contributed by atoms with Crippen molar-refractivity contribution in [3.05, 3.63) is 41.9 Å². The summed E-state index contributed by atoms with van der Waals surface area (Å²) >= 11 is 0. The normalized spacial score (nSPS) is 18.4. The number of aliphatic hydroxyl groups excluding tert-OH is 1. The van der Waals surface area contributed by atoms with Crippen molar-refractivity contribution in [2.24, 2.45) is 0 Å². The van der Waals surface area contributed by atoms with Crippen LogP contribution in [0.1, 0.15) is 17.5 Å². The fourth-order valence-corrected chi connectivity index (χ4v) is 4.09. The molecular weight excluding hydrogens is 396 g/mol. The molecule has 0 saturated carbocycles. The van der Waals surface area contributed by atoms with Gasteiger partial charge in [0.1, 0.15) is 29.6 Å². The number of fused-ring (bicyclic) bond motifs is 2. The lowest BCUT2D eigenvalue weighted by Crippen LogP contribution is -2.48. The van der Waals surface area contributed by atoms with E-state index in [2.05, 4.69) is 20.3 Å². The molecule has 1 aromatic carbocycles. The van der Waals surface area contributed by atoms with Gasteiger partial charge in [-0.2, -0.15) is 0 Å². The molecule has 0 saturated heterocycles. The summed E-state index contributed by atoms with van der Waals surface area (Å²) < 4.78 is 5.54. The molecule has 1 aliphatic heterocycles. The summed E-state index contributed by atoms with van der Waals surface area (Å²) in [4.78, 5) is 28.6. The second kappa shape index (κ2) is 8.91. The fraction of sp³-hybridized carbons (Fsp3) is 0.409. The Morgan fingerprint density at radius 3 is 2.87 bits per heavy atom. The molecule has 1 atom stereocenters. The first kappa shape index (κ1) is 21.1. The molecule has 0 radical (unpaired) electrons. The van der Waals surface area contributed by atoms with Gasteiger partial charge >= 0.3 is 0 Å². The van der Waals surface area contributed by atoms with E-state index in [9.17, 15) is 9.90 Å². The number of aromatic amines is 1. The van der Waals surface area contributed by atoms with Crippen molar-refractivity contribution in [2.75, 3.05) is 39.7 Å². The summed E-state index contributed by atoms with van der Waals surface area (Å²) in [5.74, 6) is 1.35. The fourth-order valence-electron chi connectivity index (χ4n) is 4.09. The van der Waals surface area contributed by atoms with Gasteiger partial charge in [0.25, 0.3) is 0 Å². The van der Waals surface area contributed by atoms with Crippen molar-refractivity contribution in [2.45, 2.75) is 25.4 Å². The van der Waals surface area contributed by atoms with Crippen LogP contribution in [0.15, 0.2) is 30.7 Å². The zero-order valence-electron chi connectivity index (χ0n) is 18.1. The molecule has 1 aliphatic rings. The first-order chi connectivity index (χ1) is 15.0. The molecule has 0 aliphatic carbocycles. The molecule has 2 aromatic heterocycles. The Morgan fingerprint density at radius 2 is 2.10 bits per heavy atom. The van der Waals surface area contributed by atoms with E-state index in [1.54, 1.807) is 19.1 Å². The van der Waals surface area contributed by atoms with Gasteiger partial charge in [-0.15, -0.1) is 0 Å². The molecule has 3 N–H and O–H groups in total. The molecule has 0 unspecified atom stereocenters. The third kappa shape index (κ3) is 4.19. The number of benzene rings is 1. The van der Waals surface area contributed by atoms with Gasteiger partial charge in [0, 0.05) is 37.6 Å². The molecular formula is C22H28N6O3. The van der Waals surface area contributed by atoms with Crippen LogP contribution in [0, 0.1) is 0 Å². The summed E-state index contributed by atoms with van der Waals surface area (Å²) in [7, 11) is 5.24. The highest BCUT2D eigenvalue weighted by atomic mass is 16.5. The van der Waals surface area contributed by atoms with Gasteiger partial charge in [0.05, 0.1) is 19.1 Å². The first-order valence-corrected chi connectivity index (χ1v) is 10.3. The van der Waals surface area contributed by atoms with Crippen molar-refractivity contribution in [1.82, 2.24) is 24.8 Å². The Hall–Kier alpha value is -3.17. The van der Waals surface area contributed by atoms with E-state index < -0.39 is 6.04 Å². The second-order valence-electron chi connectivity index (χ2n) is 7.89. The predicted molar refractivity (Wildman–Crippen MR) is 118 cm³/mol. The van der Waals surface area contributed by atoms with Crippen LogP contribution < -0.4 is 10.1 Å². The van der Waals surface area contributed by atoms with Crippen molar-refractivity contribution in [3.63, 3.8) is 0 Å². The number of ether oxygens (including phenoxy) is 1. The van der Waals surface area contributed by atoms with Gasteiger partial charge in [-0.25, -0.2) is 9.97 Å². The molecule has 3 heterocycles. The maximum atomic E-state index is 13.0. The van der Waals surface area contributed by atoms with Crippen LogP contribution in [-0.2, 0) is 17.8 Å². The Kier molecular flexibility index (Phi) is 6.06. The van der Waals surface area contributed by atoms with Crippen molar-refractivity contribution < 1.29 is 14.6 Å². The minimum atomic E-state index is -0.626. The zero-order chi connectivity index (χ0) is 22.0. The Morgan fingerprint density at radius 1 is 1.26 bits per heavy atom. The van der Waals surface area contributed by atoms with Crippen molar-refractivity contribution >= 4 is 28.4 Å². The number of nitrogens with zero attached hydrogens (tertiary/aromatic N) is 4. The topological polar surface area (TPSA) is 107 Å². The Labute approximate surface area is 181 Å². The number of hydrogen-bond donors (Lipinski definition) is 3. The van der Waals surface area contributed by atoms with Crippen LogP contribution in [0.5, 0.6) is 5.75 Å². The van der Waals surface area contributed by atoms with Crippen molar-refractivity contribution in [1.29, 1.82) is 0 Å². The first-order valence-electron chi connectivity index (χ1n) is 10.3. The van der Waals surface area contributed by atoms with E-state index in [0.717, 1.165) is 52.3 Å². The minimum Gasteiger partial charge on any atom is -0.496 e.